The highest BCUT2D eigenvalue weighted by atomic mass is 16.6. The summed E-state index contributed by atoms with van der Waals surface area (Å²) in [6.07, 6.45) is 0. The molecule has 2 N–H and O–H groups in total. The van der Waals surface area contributed by atoms with Gasteiger partial charge in [-0.2, -0.15) is 0 Å². The van der Waals surface area contributed by atoms with Gasteiger partial charge in [0.1, 0.15) is 0 Å². The molecule has 13 heavy (non-hydrogen) atoms. The number of benzene rings is 1. The third kappa shape index (κ3) is 2.72. The van der Waals surface area contributed by atoms with Crippen molar-refractivity contribution in [1.29, 1.82) is 0 Å². The first kappa shape index (κ1) is 9.47. The average molecular weight is 181 g/mol. The molecule has 0 heterocycles. The number of aliphatic hydroxyl groups is 1. The van der Waals surface area contributed by atoms with Crippen LogP contribution in [0.5, 0.6) is 0 Å². The highest BCUT2D eigenvalue weighted by Crippen LogP contribution is 2.15. The zero-order valence-corrected chi connectivity index (χ0v) is 6.86. The van der Waals surface area contributed by atoms with E-state index in [9.17, 15) is 10.1 Å². The Morgan fingerprint density at radius 3 is 3.08 bits per heavy atom. The van der Waals surface area contributed by atoms with Crippen LogP contribution >= 0.6 is 0 Å². The van der Waals surface area contributed by atoms with Gasteiger partial charge in [-0.1, -0.05) is 0 Å². The van der Waals surface area contributed by atoms with Crippen LogP contribution in [-0.2, 0) is 0 Å². The second-order valence-corrected chi connectivity index (χ2v) is 2.37. The molecular formula is C8H9N2O3. The van der Waals surface area contributed by atoms with Crippen molar-refractivity contribution in [3.63, 3.8) is 0 Å². The number of nitrogens with zero attached hydrogens (tertiary/aromatic N) is 1. The molecule has 0 fully saturated rings. The van der Waals surface area contributed by atoms with Crippen molar-refractivity contribution in [1.82, 2.24) is 0 Å². The second-order valence-electron chi connectivity index (χ2n) is 2.37. The molecular weight excluding hydrogens is 172 g/mol. The van der Waals surface area contributed by atoms with E-state index in [-0.39, 0.29) is 12.3 Å². The molecule has 0 atom stereocenters. The van der Waals surface area contributed by atoms with E-state index in [1.165, 1.54) is 12.1 Å². The van der Waals surface area contributed by atoms with Gasteiger partial charge >= 0.3 is 0 Å². The molecule has 0 amide bonds. The van der Waals surface area contributed by atoms with Gasteiger partial charge in [0.05, 0.1) is 17.6 Å². The van der Waals surface area contributed by atoms with E-state index in [2.05, 4.69) is 11.4 Å². The van der Waals surface area contributed by atoms with Crippen LogP contribution < -0.4 is 5.32 Å². The van der Waals surface area contributed by atoms with Gasteiger partial charge in [0.15, 0.2) is 0 Å². The van der Waals surface area contributed by atoms with Gasteiger partial charge < -0.3 is 10.4 Å². The summed E-state index contributed by atoms with van der Waals surface area (Å²) in [6.45, 7) is 0.369. The standard InChI is InChI=1S/C8H9N2O3/c11-5-4-9-7-2-1-3-8(6-7)10(12)13/h1-2,6,9,11H,4-5H2. The van der Waals surface area contributed by atoms with Gasteiger partial charge in [0.25, 0.3) is 5.69 Å². The van der Waals surface area contributed by atoms with E-state index in [0.717, 1.165) is 0 Å². The highest BCUT2D eigenvalue weighted by Gasteiger charge is 2.04. The Morgan fingerprint density at radius 1 is 1.69 bits per heavy atom. The van der Waals surface area contributed by atoms with E-state index in [4.69, 9.17) is 5.11 Å². The minimum atomic E-state index is -0.510. The average Bonchev–Trinajstić information content (AvgIpc) is 2.15. The predicted octanol–water partition coefficient (Wildman–Crippen LogP) is 0.799. The molecule has 5 nitrogen and oxygen atoms in total. The van der Waals surface area contributed by atoms with E-state index in [0.29, 0.717) is 12.2 Å². The molecule has 0 aliphatic rings. The Hall–Kier alpha value is -1.62. The summed E-state index contributed by atoms with van der Waals surface area (Å²) in [5.41, 5.74) is 0.530. The van der Waals surface area contributed by atoms with Crippen molar-refractivity contribution < 1.29 is 10.0 Å². The van der Waals surface area contributed by atoms with Crippen molar-refractivity contribution in [3.05, 3.63) is 34.4 Å². The summed E-state index contributed by atoms with van der Waals surface area (Å²) in [7, 11) is 0. The summed E-state index contributed by atoms with van der Waals surface area (Å²) in [4.78, 5) is 9.81. The molecule has 0 bridgehead atoms. The smallest absolute Gasteiger partial charge is 0.279 e. The number of hydrogen-bond acceptors (Lipinski definition) is 4. The number of nitro benzene ring substituents is 1. The predicted molar refractivity (Wildman–Crippen MR) is 47.5 cm³/mol. The topological polar surface area (TPSA) is 75.4 Å². The van der Waals surface area contributed by atoms with Crippen LogP contribution in [0.2, 0.25) is 0 Å². The van der Waals surface area contributed by atoms with Crippen LogP contribution in [0.15, 0.2) is 18.2 Å². The number of non-ortho nitro benzene ring substituents is 1. The molecule has 5 heteroatoms. The summed E-state index contributed by atoms with van der Waals surface area (Å²) in [5, 5.41) is 21.6. The van der Waals surface area contributed by atoms with E-state index < -0.39 is 4.92 Å². The van der Waals surface area contributed by atoms with Gasteiger partial charge in [-0.3, -0.25) is 10.1 Å². The first-order valence-electron chi connectivity index (χ1n) is 3.75. The Labute approximate surface area is 75.2 Å². The first-order chi connectivity index (χ1) is 6.24. The second kappa shape index (κ2) is 4.42. The van der Waals surface area contributed by atoms with Crippen LogP contribution in [0.3, 0.4) is 0 Å². The summed E-state index contributed by atoms with van der Waals surface area (Å²) in [5.74, 6) is 0. The van der Waals surface area contributed by atoms with Gasteiger partial charge in [0, 0.05) is 18.3 Å². The largest absolute Gasteiger partial charge is 0.395 e. The number of rotatable bonds is 4. The minimum Gasteiger partial charge on any atom is -0.395 e. The van der Waals surface area contributed by atoms with Crippen LogP contribution in [-0.4, -0.2) is 23.2 Å². The maximum absolute atomic E-state index is 10.3. The molecule has 0 spiro atoms. The number of hydrogen-bond donors (Lipinski definition) is 2. The van der Waals surface area contributed by atoms with Crippen LogP contribution in [0.25, 0.3) is 0 Å². The number of anilines is 1. The van der Waals surface area contributed by atoms with Crippen molar-refractivity contribution in [2.45, 2.75) is 0 Å². The lowest BCUT2D eigenvalue weighted by Crippen LogP contribution is -2.05. The zero-order valence-electron chi connectivity index (χ0n) is 6.86. The van der Waals surface area contributed by atoms with Crippen LogP contribution in [0.4, 0.5) is 11.4 Å². The molecule has 0 aliphatic heterocycles. The lowest BCUT2D eigenvalue weighted by molar-refractivity contribution is -0.385. The number of nitro groups is 1. The molecule has 69 valence electrons. The lowest BCUT2D eigenvalue weighted by Gasteiger charge is -2.02. The summed E-state index contributed by atoms with van der Waals surface area (Å²) < 4.78 is 0. The van der Waals surface area contributed by atoms with Crippen molar-refractivity contribution in [3.8, 4) is 0 Å². The Kier molecular flexibility index (Phi) is 3.22. The molecule has 1 radical (unpaired) electrons. The maximum Gasteiger partial charge on any atom is 0.279 e. The fraction of sp³-hybridized carbons (Fsp3) is 0.250. The normalized spacial score (nSPS) is 9.62. The molecule has 0 unspecified atom stereocenters. The third-order valence-electron chi connectivity index (χ3n) is 1.42. The number of aliphatic hydroxyl groups excluding tert-OH is 1. The molecule has 0 saturated carbocycles. The Morgan fingerprint density at radius 2 is 2.46 bits per heavy atom. The minimum absolute atomic E-state index is 0.00753. The monoisotopic (exact) mass is 181 g/mol. The molecule has 0 saturated heterocycles. The molecule has 1 rings (SSSR count). The van der Waals surface area contributed by atoms with E-state index in [1.807, 2.05) is 0 Å². The van der Waals surface area contributed by atoms with Crippen LogP contribution in [0.1, 0.15) is 0 Å². The van der Waals surface area contributed by atoms with Crippen molar-refractivity contribution >= 4 is 11.4 Å². The third-order valence-corrected chi connectivity index (χ3v) is 1.42. The molecule has 0 aromatic heterocycles. The number of nitrogens with one attached hydrogen (secondary N) is 1. The summed E-state index contributed by atoms with van der Waals surface area (Å²) in [6, 6.07) is 6.98. The molecule has 1 aromatic carbocycles. The van der Waals surface area contributed by atoms with Crippen molar-refractivity contribution in [2.24, 2.45) is 0 Å². The zero-order chi connectivity index (χ0) is 9.68. The van der Waals surface area contributed by atoms with Crippen LogP contribution in [0, 0.1) is 16.2 Å². The quantitative estimate of drug-likeness (QED) is 0.532. The lowest BCUT2D eigenvalue weighted by atomic mass is 10.3. The van der Waals surface area contributed by atoms with Gasteiger partial charge in [-0.05, 0) is 12.1 Å². The SMILES string of the molecule is O=[N+]([O-])c1[c]ccc(NCCO)c1. The highest BCUT2D eigenvalue weighted by molar-refractivity contribution is 5.50. The van der Waals surface area contributed by atoms with Gasteiger partial charge in [-0.15, -0.1) is 0 Å². The Balaban J connectivity index is 2.73. The van der Waals surface area contributed by atoms with Gasteiger partial charge in [0.2, 0.25) is 0 Å². The molecule has 0 aliphatic carbocycles. The molecule has 1 aromatic rings. The summed E-state index contributed by atoms with van der Waals surface area (Å²) >= 11 is 0. The fourth-order valence-corrected chi connectivity index (χ4v) is 0.870. The van der Waals surface area contributed by atoms with E-state index >= 15 is 0 Å². The fourth-order valence-electron chi connectivity index (χ4n) is 0.870. The van der Waals surface area contributed by atoms with Crippen molar-refractivity contribution in [2.75, 3.05) is 18.5 Å². The van der Waals surface area contributed by atoms with Gasteiger partial charge in [-0.25, -0.2) is 0 Å². The maximum atomic E-state index is 10.3. The first-order valence-corrected chi connectivity index (χ1v) is 3.75. The van der Waals surface area contributed by atoms with E-state index in [1.54, 1.807) is 6.07 Å². The Bertz CT molecular complexity index is 301.